The van der Waals surface area contributed by atoms with Gasteiger partial charge in [-0.05, 0) is 73.2 Å². The van der Waals surface area contributed by atoms with Crippen LogP contribution in [0.5, 0.6) is 11.5 Å². The quantitative estimate of drug-likeness (QED) is 0.310. The summed E-state index contributed by atoms with van der Waals surface area (Å²) < 4.78 is 17.0. The molecule has 7 nitrogen and oxygen atoms in total. The summed E-state index contributed by atoms with van der Waals surface area (Å²) in [5, 5.41) is 1.74. The van der Waals surface area contributed by atoms with Gasteiger partial charge in [0.25, 0.3) is 11.8 Å². The molecule has 1 fully saturated rings. The molecule has 0 radical (unpaired) electrons. The van der Waals surface area contributed by atoms with Crippen molar-refractivity contribution in [3.05, 3.63) is 71.3 Å². The van der Waals surface area contributed by atoms with Gasteiger partial charge in [0, 0.05) is 0 Å². The summed E-state index contributed by atoms with van der Waals surface area (Å²) in [5.74, 6) is -0.227. The fourth-order valence-corrected chi connectivity index (χ4v) is 5.11. The predicted octanol–water partition coefficient (Wildman–Crippen LogP) is 5.46. The molecular formula is C29H29NO6. The van der Waals surface area contributed by atoms with Gasteiger partial charge in [0.15, 0.2) is 11.5 Å². The Morgan fingerprint density at radius 1 is 0.944 bits per heavy atom. The third-order valence-corrected chi connectivity index (χ3v) is 6.93. The molecule has 5 rings (SSSR count). The number of methoxy groups -OCH3 is 1. The minimum absolute atomic E-state index is 0.0882. The third-order valence-electron chi connectivity index (χ3n) is 6.93. The molecule has 0 bridgehead atoms. The topological polar surface area (TPSA) is 82.1 Å². The van der Waals surface area contributed by atoms with Crippen LogP contribution in [-0.4, -0.2) is 42.5 Å². The van der Waals surface area contributed by atoms with Gasteiger partial charge in [0.1, 0.15) is 0 Å². The molecule has 2 aliphatic rings. The van der Waals surface area contributed by atoms with E-state index >= 15 is 0 Å². The molecule has 1 unspecified atom stereocenters. The number of carbonyl (C=O) groups excluding carboxylic acids is 3. The van der Waals surface area contributed by atoms with Gasteiger partial charge in [-0.25, -0.2) is 0 Å². The number of fused-ring (bicyclic) bond motifs is 2. The second-order valence-electron chi connectivity index (χ2n) is 9.18. The van der Waals surface area contributed by atoms with Gasteiger partial charge in [-0.3, -0.25) is 19.3 Å². The number of ether oxygens (including phenoxy) is 3. The minimum Gasteiger partial charge on any atom is -0.490 e. The average Bonchev–Trinajstić information content (AvgIpc) is 3.49. The summed E-state index contributed by atoms with van der Waals surface area (Å²) in [5.41, 5.74) is 1.28. The van der Waals surface area contributed by atoms with Crippen molar-refractivity contribution >= 4 is 28.6 Å². The number of hydrogen-bond acceptors (Lipinski definition) is 6. The van der Waals surface area contributed by atoms with E-state index in [1.807, 2.05) is 31.2 Å². The first kappa shape index (κ1) is 23.9. The van der Waals surface area contributed by atoms with Crippen molar-refractivity contribution in [2.45, 2.75) is 51.2 Å². The van der Waals surface area contributed by atoms with Crippen LogP contribution in [0.25, 0.3) is 10.8 Å². The maximum atomic E-state index is 13.6. The van der Waals surface area contributed by atoms with Crippen LogP contribution < -0.4 is 9.47 Å². The largest absolute Gasteiger partial charge is 0.490 e. The fourth-order valence-electron chi connectivity index (χ4n) is 5.11. The summed E-state index contributed by atoms with van der Waals surface area (Å²) in [6.07, 6.45) is 4.08. The van der Waals surface area contributed by atoms with E-state index in [4.69, 9.17) is 14.2 Å². The molecule has 0 saturated heterocycles. The highest BCUT2D eigenvalue weighted by Crippen LogP contribution is 2.39. The van der Waals surface area contributed by atoms with Crippen molar-refractivity contribution in [2.24, 2.45) is 0 Å². The Balaban J connectivity index is 1.55. The van der Waals surface area contributed by atoms with Crippen LogP contribution in [0.1, 0.15) is 71.3 Å². The van der Waals surface area contributed by atoms with E-state index in [2.05, 4.69) is 0 Å². The van der Waals surface area contributed by atoms with E-state index in [9.17, 15) is 14.4 Å². The summed E-state index contributed by atoms with van der Waals surface area (Å²) >= 11 is 0. The lowest BCUT2D eigenvalue weighted by atomic mass is 10.0. The molecule has 0 aromatic heterocycles. The summed E-state index contributed by atoms with van der Waals surface area (Å²) in [6.45, 7) is 2.37. The zero-order valence-electron chi connectivity index (χ0n) is 20.5. The van der Waals surface area contributed by atoms with Crippen molar-refractivity contribution in [2.75, 3.05) is 13.7 Å². The van der Waals surface area contributed by atoms with Gasteiger partial charge < -0.3 is 14.2 Å². The Hall–Kier alpha value is -3.87. The van der Waals surface area contributed by atoms with E-state index in [1.54, 1.807) is 30.3 Å². The molecule has 7 heteroatoms. The Bertz CT molecular complexity index is 1270. The van der Waals surface area contributed by atoms with Crippen LogP contribution in [0.2, 0.25) is 0 Å². The lowest BCUT2D eigenvalue weighted by molar-refractivity contribution is -0.141. The van der Waals surface area contributed by atoms with Crippen LogP contribution in [0.15, 0.2) is 54.6 Å². The number of hydrogen-bond donors (Lipinski definition) is 0. The number of benzene rings is 3. The fraction of sp³-hybridized carbons (Fsp3) is 0.345. The maximum absolute atomic E-state index is 13.6. The number of carbonyl (C=O) groups is 3. The van der Waals surface area contributed by atoms with Gasteiger partial charge in [0.05, 0.1) is 43.4 Å². The molecule has 1 saturated carbocycles. The van der Waals surface area contributed by atoms with Gasteiger partial charge >= 0.3 is 5.97 Å². The second-order valence-corrected chi connectivity index (χ2v) is 9.18. The number of nitrogens with zero attached hydrogens (tertiary/aromatic N) is 1. The first-order chi connectivity index (χ1) is 17.5. The zero-order chi connectivity index (χ0) is 25.2. The molecule has 0 spiro atoms. The van der Waals surface area contributed by atoms with Crippen molar-refractivity contribution in [1.82, 2.24) is 4.90 Å². The first-order valence-electron chi connectivity index (χ1n) is 12.4. The van der Waals surface area contributed by atoms with Crippen LogP contribution in [0, 0.1) is 0 Å². The molecule has 1 aliphatic heterocycles. The molecular weight excluding hydrogens is 458 g/mol. The van der Waals surface area contributed by atoms with E-state index in [-0.39, 0.29) is 12.5 Å². The first-order valence-corrected chi connectivity index (χ1v) is 12.4. The van der Waals surface area contributed by atoms with E-state index in [0.717, 1.165) is 36.5 Å². The maximum Gasteiger partial charge on any atom is 0.307 e. The van der Waals surface area contributed by atoms with Crippen LogP contribution in [0.4, 0.5) is 0 Å². The number of amides is 2. The highest BCUT2D eigenvalue weighted by atomic mass is 16.5. The Kier molecular flexibility index (Phi) is 6.63. The standard InChI is InChI=1S/C29H29NO6/c1-3-35-25-13-12-20(16-26(25)36-21-10-6-7-11-21)24(17-27(31)34-2)30-28(32)22-14-18-8-4-5-9-19(18)15-23(22)29(30)33/h4-5,8-9,12-16,21,24H,3,6-7,10-11,17H2,1-2H3. The summed E-state index contributed by atoms with van der Waals surface area (Å²) in [4.78, 5) is 40.7. The van der Waals surface area contributed by atoms with Crippen molar-refractivity contribution in [3.8, 4) is 11.5 Å². The molecule has 186 valence electrons. The molecule has 1 heterocycles. The third kappa shape index (κ3) is 4.41. The normalized spacial score (nSPS) is 16.3. The van der Waals surface area contributed by atoms with E-state index in [0.29, 0.717) is 34.8 Å². The molecule has 3 aromatic carbocycles. The molecule has 0 N–H and O–H groups in total. The van der Waals surface area contributed by atoms with Crippen LogP contribution in [0.3, 0.4) is 0 Å². The molecule has 1 atom stereocenters. The van der Waals surface area contributed by atoms with Crippen LogP contribution >= 0.6 is 0 Å². The second kappa shape index (κ2) is 10.0. The van der Waals surface area contributed by atoms with Gasteiger partial charge in [0.2, 0.25) is 0 Å². The smallest absolute Gasteiger partial charge is 0.307 e. The Morgan fingerprint density at radius 3 is 2.17 bits per heavy atom. The highest BCUT2D eigenvalue weighted by Gasteiger charge is 2.42. The predicted molar refractivity (Wildman–Crippen MR) is 134 cm³/mol. The highest BCUT2D eigenvalue weighted by molar-refractivity contribution is 6.23. The van der Waals surface area contributed by atoms with Crippen LogP contribution in [-0.2, 0) is 9.53 Å². The Labute approximate surface area is 209 Å². The molecule has 3 aromatic rings. The Morgan fingerprint density at radius 2 is 1.58 bits per heavy atom. The lowest BCUT2D eigenvalue weighted by Gasteiger charge is -2.27. The number of esters is 1. The van der Waals surface area contributed by atoms with Gasteiger partial charge in [-0.15, -0.1) is 0 Å². The monoisotopic (exact) mass is 487 g/mol. The lowest BCUT2D eigenvalue weighted by Crippen LogP contribution is -2.35. The van der Waals surface area contributed by atoms with Crippen molar-refractivity contribution in [3.63, 3.8) is 0 Å². The van der Waals surface area contributed by atoms with Crippen molar-refractivity contribution in [1.29, 1.82) is 0 Å². The van der Waals surface area contributed by atoms with E-state index in [1.165, 1.54) is 12.0 Å². The van der Waals surface area contributed by atoms with Gasteiger partial charge in [-0.2, -0.15) is 0 Å². The molecule has 1 aliphatic carbocycles. The molecule has 36 heavy (non-hydrogen) atoms. The SMILES string of the molecule is CCOc1ccc(C(CC(=O)OC)N2C(=O)c3cc4ccccc4cc3C2=O)cc1OC1CCCC1. The summed E-state index contributed by atoms with van der Waals surface area (Å²) in [7, 11) is 1.29. The van der Waals surface area contributed by atoms with E-state index < -0.39 is 23.8 Å². The number of rotatable bonds is 8. The average molecular weight is 488 g/mol. The van der Waals surface area contributed by atoms with Gasteiger partial charge in [-0.1, -0.05) is 30.3 Å². The zero-order valence-corrected chi connectivity index (χ0v) is 20.5. The minimum atomic E-state index is -0.852. The number of imide groups is 1. The summed E-state index contributed by atoms with van der Waals surface area (Å²) in [6, 6.07) is 15.6. The molecule has 2 amide bonds. The van der Waals surface area contributed by atoms with Crippen molar-refractivity contribution < 1.29 is 28.6 Å².